The minimum Gasteiger partial charge on any atom is -0.496 e. The van der Waals surface area contributed by atoms with Crippen molar-refractivity contribution in [3.05, 3.63) is 28.8 Å². The molecule has 0 aromatic heterocycles. The third-order valence-electron chi connectivity index (χ3n) is 4.63. The number of halogens is 1. The van der Waals surface area contributed by atoms with Crippen molar-refractivity contribution in [2.45, 2.75) is 52.0 Å². The van der Waals surface area contributed by atoms with Crippen LogP contribution in [-0.2, 0) is 6.42 Å². The molecule has 1 aliphatic carbocycles. The molecular formula is C18H28ClNO. The number of hydrogen-bond acceptors (Lipinski definition) is 2. The van der Waals surface area contributed by atoms with Gasteiger partial charge in [-0.3, -0.25) is 0 Å². The van der Waals surface area contributed by atoms with E-state index in [-0.39, 0.29) is 0 Å². The standard InChI is InChI=1S/C18H28ClNO/c1-4-9-20-17-7-5-13(2)10-14(17)11-15-12-16(19)6-8-18(15)21-3/h6,8,12-14,17,20H,4-5,7,9-11H2,1-3H3. The van der Waals surface area contributed by atoms with E-state index in [0.29, 0.717) is 12.0 Å². The van der Waals surface area contributed by atoms with Crippen LogP contribution < -0.4 is 10.1 Å². The Morgan fingerprint density at radius 1 is 1.33 bits per heavy atom. The fourth-order valence-electron chi connectivity index (χ4n) is 3.51. The Morgan fingerprint density at radius 3 is 2.86 bits per heavy atom. The summed E-state index contributed by atoms with van der Waals surface area (Å²) in [6, 6.07) is 6.58. The van der Waals surface area contributed by atoms with Crippen LogP contribution in [-0.4, -0.2) is 19.7 Å². The van der Waals surface area contributed by atoms with Crippen LogP contribution in [0.2, 0.25) is 5.02 Å². The lowest BCUT2D eigenvalue weighted by Gasteiger charge is -2.36. The number of ether oxygens (including phenoxy) is 1. The monoisotopic (exact) mass is 309 g/mol. The third kappa shape index (κ3) is 4.62. The Bertz CT molecular complexity index is 447. The molecule has 3 atom stereocenters. The highest BCUT2D eigenvalue weighted by atomic mass is 35.5. The molecular weight excluding hydrogens is 282 g/mol. The number of hydrogen-bond donors (Lipinski definition) is 1. The van der Waals surface area contributed by atoms with Crippen molar-refractivity contribution < 1.29 is 4.74 Å². The van der Waals surface area contributed by atoms with Crippen molar-refractivity contribution in [1.82, 2.24) is 5.32 Å². The maximum atomic E-state index is 6.17. The number of nitrogens with one attached hydrogen (secondary N) is 1. The topological polar surface area (TPSA) is 21.3 Å². The summed E-state index contributed by atoms with van der Waals surface area (Å²) in [6.07, 6.45) is 6.16. The molecule has 1 aromatic rings. The molecule has 0 radical (unpaired) electrons. The molecule has 0 heterocycles. The Balaban J connectivity index is 2.11. The first-order valence-electron chi connectivity index (χ1n) is 8.19. The van der Waals surface area contributed by atoms with Crippen molar-refractivity contribution in [2.24, 2.45) is 11.8 Å². The van der Waals surface area contributed by atoms with Crippen LogP contribution in [0.1, 0.15) is 45.1 Å². The zero-order valence-electron chi connectivity index (χ0n) is 13.5. The maximum Gasteiger partial charge on any atom is 0.122 e. The molecule has 21 heavy (non-hydrogen) atoms. The molecule has 3 unspecified atom stereocenters. The molecule has 1 aromatic carbocycles. The van der Waals surface area contributed by atoms with Crippen LogP contribution in [0.5, 0.6) is 5.75 Å². The summed E-state index contributed by atoms with van der Waals surface area (Å²) in [4.78, 5) is 0. The summed E-state index contributed by atoms with van der Waals surface area (Å²) in [5, 5.41) is 4.54. The Kier molecular flexibility index (Phi) is 6.38. The lowest BCUT2D eigenvalue weighted by atomic mass is 9.76. The minimum atomic E-state index is 0.629. The minimum absolute atomic E-state index is 0.629. The van der Waals surface area contributed by atoms with Crippen molar-refractivity contribution >= 4 is 11.6 Å². The Hall–Kier alpha value is -0.730. The van der Waals surface area contributed by atoms with Gasteiger partial charge in [0, 0.05) is 11.1 Å². The van der Waals surface area contributed by atoms with Crippen LogP contribution in [0.3, 0.4) is 0 Å². The first-order chi connectivity index (χ1) is 10.1. The van der Waals surface area contributed by atoms with Gasteiger partial charge in [-0.2, -0.15) is 0 Å². The van der Waals surface area contributed by atoms with E-state index in [2.05, 4.69) is 25.2 Å². The molecule has 0 aliphatic heterocycles. The van der Waals surface area contributed by atoms with Gasteiger partial charge >= 0.3 is 0 Å². The molecule has 0 saturated heterocycles. The van der Waals surface area contributed by atoms with Gasteiger partial charge in [0.25, 0.3) is 0 Å². The molecule has 2 rings (SSSR count). The van der Waals surface area contributed by atoms with Gasteiger partial charge in [0.2, 0.25) is 0 Å². The predicted molar refractivity (Wildman–Crippen MR) is 90.3 cm³/mol. The molecule has 1 aliphatic rings. The highest BCUT2D eigenvalue weighted by Gasteiger charge is 2.29. The Labute approximate surface area is 134 Å². The molecule has 0 amide bonds. The summed E-state index contributed by atoms with van der Waals surface area (Å²) < 4.78 is 5.51. The van der Waals surface area contributed by atoms with Crippen LogP contribution in [0, 0.1) is 11.8 Å². The van der Waals surface area contributed by atoms with Crippen molar-refractivity contribution in [3.8, 4) is 5.75 Å². The van der Waals surface area contributed by atoms with E-state index in [9.17, 15) is 0 Å². The zero-order chi connectivity index (χ0) is 15.2. The van der Waals surface area contributed by atoms with Gasteiger partial charge in [0.05, 0.1) is 7.11 Å². The van der Waals surface area contributed by atoms with Crippen LogP contribution in [0.4, 0.5) is 0 Å². The van der Waals surface area contributed by atoms with Crippen molar-refractivity contribution in [2.75, 3.05) is 13.7 Å². The van der Waals surface area contributed by atoms with Crippen LogP contribution in [0.25, 0.3) is 0 Å². The average Bonchev–Trinajstić information content (AvgIpc) is 2.47. The highest BCUT2D eigenvalue weighted by Crippen LogP contribution is 2.34. The SMILES string of the molecule is CCCNC1CCC(C)CC1Cc1cc(Cl)ccc1OC. The second-order valence-electron chi connectivity index (χ2n) is 6.40. The lowest BCUT2D eigenvalue weighted by molar-refractivity contribution is 0.211. The van der Waals surface area contributed by atoms with E-state index in [4.69, 9.17) is 16.3 Å². The molecule has 1 saturated carbocycles. The van der Waals surface area contributed by atoms with E-state index in [1.807, 2.05) is 12.1 Å². The molecule has 2 nitrogen and oxygen atoms in total. The molecule has 1 N–H and O–H groups in total. The summed E-state index contributed by atoms with van der Waals surface area (Å²) in [6.45, 7) is 5.72. The van der Waals surface area contributed by atoms with Crippen LogP contribution >= 0.6 is 11.6 Å². The van der Waals surface area contributed by atoms with Gasteiger partial charge in [-0.25, -0.2) is 0 Å². The van der Waals surface area contributed by atoms with Gasteiger partial charge < -0.3 is 10.1 Å². The number of methoxy groups -OCH3 is 1. The first-order valence-corrected chi connectivity index (χ1v) is 8.57. The smallest absolute Gasteiger partial charge is 0.122 e. The number of rotatable bonds is 6. The van der Waals surface area contributed by atoms with E-state index in [1.165, 1.54) is 31.2 Å². The summed E-state index contributed by atoms with van der Waals surface area (Å²) >= 11 is 6.17. The van der Waals surface area contributed by atoms with Gasteiger partial charge in [-0.1, -0.05) is 25.4 Å². The van der Waals surface area contributed by atoms with E-state index >= 15 is 0 Å². The van der Waals surface area contributed by atoms with Gasteiger partial charge in [-0.15, -0.1) is 0 Å². The van der Waals surface area contributed by atoms with E-state index in [1.54, 1.807) is 7.11 Å². The fourth-order valence-corrected chi connectivity index (χ4v) is 3.71. The lowest BCUT2D eigenvalue weighted by Crippen LogP contribution is -2.41. The van der Waals surface area contributed by atoms with Crippen molar-refractivity contribution in [1.29, 1.82) is 0 Å². The largest absolute Gasteiger partial charge is 0.496 e. The fraction of sp³-hybridized carbons (Fsp3) is 0.667. The second-order valence-corrected chi connectivity index (χ2v) is 6.84. The van der Waals surface area contributed by atoms with Gasteiger partial charge in [-0.05, 0) is 74.2 Å². The summed E-state index contributed by atoms with van der Waals surface area (Å²) in [5.41, 5.74) is 1.24. The third-order valence-corrected chi connectivity index (χ3v) is 4.86. The summed E-state index contributed by atoms with van der Waals surface area (Å²) in [5.74, 6) is 2.46. The molecule has 0 bridgehead atoms. The van der Waals surface area contributed by atoms with Gasteiger partial charge in [0.1, 0.15) is 5.75 Å². The van der Waals surface area contributed by atoms with Gasteiger partial charge in [0.15, 0.2) is 0 Å². The van der Waals surface area contributed by atoms with E-state index < -0.39 is 0 Å². The number of benzene rings is 1. The highest BCUT2D eigenvalue weighted by molar-refractivity contribution is 6.30. The predicted octanol–water partition coefficient (Wildman–Crippen LogP) is 4.70. The maximum absolute atomic E-state index is 6.17. The molecule has 118 valence electrons. The average molecular weight is 310 g/mol. The molecule has 1 fully saturated rings. The quantitative estimate of drug-likeness (QED) is 0.822. The van der Waals surface area contributed by atoms with E-state index in [0.717, 1.165) is 29.7 Å². The summed E-state index contributed by atoms with van der Waals surface area (Å²) in [7, 11) is 1.74. The normalized spacial score (nSPS) is 25.8. The Morgan fingerprint density at radius 2 is 2.14 bits per heavy atom. The molecule has 3 heteroatoms. The molecule has 0 spiro atoms. The first kappa shape index (κ1) is 16.6. The second kappa shape index (κ2) is 8.05. The van der Waals surface area contributed by atoms with Crippen molar-refractivity contribution in [3.63, 3.8) is 0 Å². The van der Waals surface area contributed by atoms with Crippen LogP contribution in [0.15, 0.2) is 18.2 Å². The zero-order valence-corrected chi connectivity index (χ0v) is 14.2.